The van der Waals surface area contributed by atoms with Crippen LogP contribution in [0.4, 0.5) is 20.6 Å². The van der Waals surface area contributed by atoms with Crippen molar-refractivity contribution in [1.82, 2.24) is 4.90 Å². The van der Waals surface area contributed by atoms with Gasteiger partial charge in [-0.25, -0.2) is 9.18 Å². The number of nitrogens with one attached hydrogen (secondary N) is 1. The molecule has 1 heterocycles. The predicted molar refractivity (Wildman–Crippen MR) is 151 cm³/mol. The molecule has 2 fully saturated rings. The largest absolute Gasteiger partial charge is 0.380 e. The zero-order chi connectivity index (χ0) is 28.6. The number of ether oxygens (including phenoxy) is 1. The van der Waals surface area contributed by atoms with Gasteiger partial charge in [-0.15, -0.1) is 0 Å². The van der Waals surface area contributed by atoms with Gasteiger partial charge in [0.05, 0.1) is 23.4 Å². The molecule has 0 bridgehead atoms. The highest BCUT2D eigenvalue weighted by atomic mass is 35.5. The molecule has 2 unspecified atom stereocenters. The molecular formula is C30H29ClFN5O3. The van der Waals surface area contributed by atoms with Crippen LogP contribution in [-0.4, -0.2) is 49.7 Å². The molecule has 4 atom stereocenters. The lowest BCUT2D eigenvalue weighted by Gasteiger charge is -2.29. The van der Waals surface area contributed by atoms with Crippen molar-refractivity contribution >= 4 is 34.9 Å². The SMILES string of the molecule is CO[C@@H]1C[C@H](C(=O)Nc2cc(C3CC3(N)c3cccc(C#N)c3)ccc2F)N(C(=O)N(C)c2ccc(Cl)cc2)C1. The Labute approximate surface area is 237 Å². The number of amides is 3. The van der Waals surface area contributed by atoms with Crippen molar-refractivity contribution in [2.45, 2.75) is 36.4 Å². The van der Waals surface area contributed by atoms with Crippen LogP contribution in [0.25, 0.3) is 0 Å². The smallest absolute Gasteiger partial charge is 0.324 e. The standard InChI is InChI=1S/C30H29ClFN5O3/c1-36(22-9-7-21(31)8-10-22)29(39)37-17-23(40-2)14-27(37)28(38)35-26-13-19(6-11-25(26)32)24-15-30(24,34)20-5-3-4-18(12-20)16-33/h3-13,23-24,27H,14-15,17,34H2,1-2H3,(H,35,38)/t23-,24?,27-,30?/m1/s1. The zero-order valence-corrected chi connectivity index (χ0v) is 22.9. The van der Waals surface area contributed by atoms with Crippen LogP contribution < -0.4 is 16.0 Å². The van der Waals surface area contributed by atoms with E-state index in [0.29, 0.717) is 22.7 Å². The molecule has 3 amide bonds. The average Bonchev–Trinajstić information content (AvgIpc) is 3.47. The molecule has 0 aromatic heterocycles. The Morgan fingerprint density at radius 2 is 1.95 bits per heavy atom. The van der Waals surface area contributed by atoms with Gasteiger partial charge < -0.3 is 20.7 Å². The number of anilines is 2. The van der Waals surface area contributed by atoms with Gasteiger partial charge >= 0.3 is 6.03 Å². The monoisotopic (exact) mass is 561 g/mol. The summed E-state index contributed by atoms with van der Waals surface area (Å²) in [6.45, 7) is 0.216. The second kappa shape index (κ2) is 10.9. The van der Waals surface area contributed by atoms with E-state index in [1.54, 1.807) is 61.6 Å². The molecule has 3 aromatic rings. The van der Waals surface area contributed by atoms with Crippen LogP contribution in [0.5, 0.6) is 0 Å². The minimum Gasteiger partial charge on any atom is -0.380 e. The van der Waals surface area contributed by atoms with E-state index < -0.39 is 23.3 Å². The molecule has 5 rings (SSSR count). The van der Waals surface area contributed by atoms with Crippen LogP contribution in [0.1, 0.15) is 35.4 Å². The molecule has 1 saturated heterocycles. The number of methoxy groups -OCH3 is 1. The van der Waals surface area contributed by atoms with E-state index in [2.05, 4.69) is 11.4 Å². The summed E-state index contributed by atoms with van der Waals surface area (Å²) >= 11 is 5.98. The minimum absolute atomic E-state index is 0.0156. The maximum Gasteiger partial charge on any atom is 0.324 e. The number of carbonyl (C=O) groups is 2. The molecular weight excluding hydrogens is 533 g/mol. The summed E-state index contributed by atoms with van der Waals surface area (Å²) in [5.74, 6) is -1.21. The van der Waals surface area contributed by atoms with Gasteiger partial charge in [-0.1, -0.05) is 29.8 Å². The number of nitrogens with two attached hydrogens (primary N) is 1. The summed E-state index contributed by atoms with van der Waals surface area (Å²) in [5.41, 5.74) is 8.74. The van der Waals surface area contributed by atoms with Crippen molar-refractivity contribution in [3.63, 3.8) is 0 Å². The highest BCUT2D eigenvalue weighted by Crippen LogP contribution is 2.56. The average molecular weight is 562 g/mol. The fraction of sp³-hybridized carbons (Fsp3) is 0.300. The van der Waals surface area contributed by atoms with E-state index in [-0.39, 0.29) is 36.7 Å². The van der Waals surface area contributed by atoms with Gasteiger partial charge in [0, 0.05) is 49.3 Å². The maximum atomic E-state index is 14.9. The highest BCUT2D eigenvalue weighted by molar-refractivity contribution is 6.30. The fourth-order valence-corrected chi connectivity index (χ4v) is 5.48. The van der Waals surface area contributed by atoms with Crippen LogP contribution in [0, 0.1) is 17.1 Å². The van der Waals surface area contributed by atoms with Crippen molar-refractivity contribution < 1.29 is 18.7 Å². The first-order valence-electron chi connectivity index (χ1n) is 12.9. The summed E-state index contributed by atoms with van der Waals surface area (Å²) in [5, 5.41) is 12.5. The van der Waals surface area contributed by atoms with E-state index in [0.717, 1.165) is 11.1 Å². The maximum absolute atomic E-state index is 14.9. The Kier molecular flexibility index (Phi) is 7.51. The number of carbonyl (C=O) groups excluding carboxylic acids is 2. The van der Waals surface area contributed by atoms with Crippen LogP contribution >= 0.6 is 11.6 Å². The first-order valence-corrected chi connectivity index (χ1v) is 13.2. The quantitative estimate of drug-likeness (QED) is 0.441. The number of hydrogen-bond acceptors (Lipinski definition) is 5. The molecule has 1 aliphatic heterocycles. The summed E-state index contributed by atoms with van der Waals surface area (Å²) in [4.78, 5) is 29.7. The first-order chi connectivity index (χ1) is 19.1. The van der Waals surface area contributed by atoms with Crippen LogP contribution in [0.15, 0.2) is 66.7 Å². The number of halogens is 2. The Bertz CT molecular complexity index is 1490. The van der Waals surface area contributed by atoms with Crippen molar-refractivity contribution in [2.24, 2.45) is 5.73 Å². The van der Waals surface area contributed by atoms with Gasteiger partial charge in [0.1, 0.15) is 11.9 Å². The predicted octanol–water partition coefficient (Wildman–Crippen LogP) is 4.98. The number of rotatable bonds is 6. The van der Waals surface area contributed by atoms with Crippen molar-refractivity contribution in [1.29, 1.82) is 5.26 Å². The minimum atomic E-state index is -0.862. The topological polar surface area (TPSA) is 112 Å². The number of hydrogen-bond donors (Lipinski definition) is 2. The second-order valence-corrected chi connectivity index (χ2v) is 10.7. The van der Waals surface area contributed by atoms with Gasteiger partial charge in [0.2, 0.25) is 5.91 Å². The molecule has 3 N–H and O–H groups in total. The molecule has 0 radical (unpaired) electrons. The number of nitriles is 1. The molecule has 8 nitrogen and oxygen atoms in total. The molecule has 0 spiro atoms. The fourth-order valence-electron chi connectivity index (χ4n) is 5.36. The zero-order valence-electron chi connectivity index (χ0n) is 22.1. The van der Waals surface area contributed by atoms with Crippen molar-refractivity contribution in [2.75, 3.05) is 30.9 Å². The third kappa shape index (κ3) is 5.26. The molecule has 10 heteroatoms. The van der Waals surface area contributed by atoms with E-state index in [1.807, 2.05) is 6.07 Å². The first kappa shape index (κ1) is 27.6. The van der Waals surface area contributed by atoms with Crippen LogP contribution in [-0.2, 0) is 15.1 Å². The Balaban J connectivity index is 1.34. The molecule has 206 valence electrons. The molecule has 1 aliphatic carbocycles. The Morgan fingerprint density at radius 3 is 2.65 bits per heavy atom. The molecule has 3 aromatic carbocycles. The number of urea groups is 1. The van der Waals surface area contributed by atoms with Crippen LogP contribution in [0.3, 0.4) is 0 Å². The highest BCUT2D eigenvalue weighted by Gasteiger charge is 2.53. The third-order valence-electron chi connectivity index (χ3n) is 7.83. The number of benzene rings is 3. The molecule has 1 saturated carbocycles. The van der Waals surface area contributed by atoms with E-state index in [1.165, 1.54) is 23.0 Å². The van der Waals surface area contributed by atoms with Gasteiger partial charge in [-0.05, 0) is 66.1 Å². The summed E-state index contributed by atoms with van der Waals surface area (Å²) in [7, 11) is 3.14. The van der Waals surface area contributed by atoms with E-state index >= 15 is 0 Å². The number of likely N-dealkylation sites (tertiary alicyclic amines) is 1. The van der Waals surface area contributed by atoms with Crippen molar-refractivity contribution in [3.05, 3.63) is 94.3 Å². The summed E-state index contributed by atoms with van der Waals surface area (Å²) in [6.07, 6.45) is 0.550. The van der Waals surface area contributed by atoms with Crippen molar-refractivity contribution in [3.8, 4) is 6.07 Å². The Hall–Kier alpha value is -3.97. The Morgan fingerprint density at radius 1 is 1.20 bits per heavy atom. The lowest BCUT2D eigenvalue weighted by Crippen LogP contribution is -2.48. The second-order valence-electron chi connectivity index (χ2n) is 10.3. The van der Waals surface area contributed by atoms with Crippen LogP contribution in [0.2, 0.25) is 5.02 Å². The van der Waals surface area contributed by atoms with Gasteiger partial charge in [-0.2, -0.15) is 5.26 Å². The lowest BCUT2D eigenvalue weighted by atomic mass is 9.97. The molecule has 40 heavy (non-hydrogen) atoms. The van der Waals surface area contributed by atoms with Gasteiger partial charge in [0.25, 0.3) is 0 Å². The van der Waals surface area contributed by atoms with E-state index in [9.17, 15) is 19.2 Å². The third-order valence-corrected chi connectivity index (χ3v) is 8.08. The number of nitrogens with zero attached hydrogens (tertiary/aromatic N) is 3. The summed E-state index contributed by atoms with van der Waals surface area (Å²) < 4.78 is 20.4. The van der Waals surface area contributed by atoms with E-state index in [4.69, 9.17) is 22.1 Å². The van der Waals surface area contributed by atoms with Gasteiger partial charge in [-0.3, -0.25) is 9.69 Å². The summed E-state index contributed by atoms with van der Waals surface area (Å²) in [6, 6.07) is 19.4. The van der Waals surface area contributed by atoms with Gasteiger partial charge in [0.15, 0.2) is 0 Å². The lowest BCUT2D eigenvalue weighted by molar-refractivity contribution is -0.119. The molecule has 2 aliphatic rings. The normalized spacial score (nSPS) is 23.4.